The van der Waals surface area contributed by atoms with Crippen LogP contribution < -0.4 is 5.59 Å². The average molecular weight is 181 g/mol. The van der Waals surface area contributed by atoms with E-state index in [9.17, 15) is 4.79 Å². The first-order valence-corrected chi connectivity index (χ1v) is 4.70. The van der Waals surface area contributed by atoms with Crippen molar-refractivity contribution in [3.8, 4) is 0 Å². The molecule has 1 aromatic rings. The van der Waals surface area contributed by atoms with Gasteiger partial charge in [0.05, 0.1) is 5.01 Å². The van der Waals surface area contributed by atoms with Crippen molar-refractivity contribution in [1.29, 1.82) is 0 Å². The van der Waals surface area contributed by atoms with Crippen LogP contribution in [0, 0.1) is 0 Å². The van der Waals surface area contributed by atoms with Crippen molar-refractivity contribution in [2.75, 3.05) is 0 Å². The standard InChI is InChI=1S/C7H8BNO2S/c8-5-4(7(10)11)12-6(9-5)3-1-2-3/h3H,1-2,8H2,(H,10,11). The maximum Gasteiger partial charge on any atom is 0.346 e. The van der Waals surface area contributed by atoms with Gasteiger partial charge in [-0.05, 0) is 12.8 Å². The van der Waals surface area contributed by atoms with E-state index >= 15 is 0 Å². The molecule has 0 radical (unpaired) electrons. The van der Waals surface area contributed by atoms with E-state index in [1.54, 1.807) is 7.85 Å². The van der Waals surface area contributed by atoms with Gasteiger partial charge in [-0.3, -0.25) is 4.98 Å². The molecule has 0 aliphatic heterocycles. The minimum atomic E-state index is -0.850. The van der Waals surface area contributed by atoms with Gasteiger partial charge in [-0.2, -0.15) is 0 Å². The molecule has 1 aliphatic carbocycles. The van der Waals surface area contributed by atoms with E-state index < -0.39 is 5.97 Å². The number of rotatable bonds is 2. The Morgan fingerprint density at radius 2 is 2.33 bits per heavy atom. The molecule has 1 saturated carbocycles. The Labute approximate surface area is 74.9 Å². The molecule has 3 nitrogen and oxygen atoms in total. The van der Waals surface area contributed by atoms with Crippen LogP contribution in [0.4, 0.5) is 0 Å². The third-order valence-corrected chi connectivity index (χ3v) is 3.24. The minimum Gasteiger partial charge on any atom is -0.477 e. The monoisotopic (exact) mass is 181 g/mol. The SMILES string of the molecule is Bc1nc(C2CC2)sc1C(=O)O. The van der Waals surface area contributed by atoms with E-state index in [0.29, 0.717) is 16.4 Å². The highest BCUT2D eigenvalue weighted by molar-refractivity contribution is 7.14. The molecule has 5 heteroatoms. The normalized spacial score (nSPS) is 16.3. The quantitative estimate of drug-likeness (QED) is 0.652. The fourth-order valence-electron chi connectivity index (χ4n) is 1.12. The Kier molecular flexibility index (Phi) is 1.68. The first-order chi connectivity index (χ1) is 5.68. The van der Waals surface area contributed by atoms with Gasteiger partial charge in [0.15, 0.2) is 7.85 Å². The molecule has 0 unspecified atom stereocenters. The number of aromatic nitrogens is 1. The molecule has 62 valence electrons. The van der Waals surface area contributed by atoms with Crippen LogP contribution in [0.15, 0.2) is 0 Å². The molecule has 2 rings (SSSR count). The van der Waals surface area contributed by atoms with E-state index in [0.717, 1.165) is 5.01 Å². The van der Waals surface area contributed by atoms with Crippen molar-refractivity contribution < 1.29 is 9.90 Å². The van der Waals surface area contributed by atoms with Gasteiger partial charge in [-0.1, -0.05) is 0 Å². The lowest BCUT2D eigenvalue weighted by atomic mass is 10.0. The highest BCUT2D eigenvalue weighted by Gasteiger charge is 2.28. The van der Waals surface area contributed by atoms with Gasteiger partial charge in [0.2, 0.25) is 0 Å². The Bertz CT molecular complexity index is 332. The van der Waals surface area contributed by atoms with Gasteiger partial charge in [-0.25, -0.2) is 4.79 Å². The first-order valence-electron chi connectivity index (χ1n) is 3.89. The van der Waals surface area contributed by atoms with Crippen molar-refractivity contribution in [2.24, 2.45) is 0 Å². The number of aromatic carboxylic acids is 1. The van der Waals surface area contributed by atoms with Crippen LogP contribution >= 0.6 is 11.3 Å². The van der Waals surface area contributed by atoms with E-state index in [1.807, 2.05) is 0 Å². The molecule has 0 saturated heterocycles. The van der Waals surface area contributed by atoms with Crippen molar-refractivity contribution >= 4 is 30.7 Å². The van der Waals surface area contributed by atoms with Crippen LogP contribution in [0.3, 0.4) is 0 Å². The zero-order valence-electron chi connectivity index (χ0n) is 6.70. The number of thiazole rings is 1. The van der Waals surface area contributed by atoms with Crippen LogP contribution in [-0.2, 0) is 0 Å². The van der Waals surface area contributed by atoms with Crippen molar-refractivity contribution in [1.82, 2.24) is 4.98 Å². The molecule has 0 amide bonds. The zero-order chi connectivity index (χ0) is 8.72. The molecule has 0 spiro atoms. The molecule has 1 aromatic heterocycles. The number of hydrogen-bond donors (Lipinski definition) is 1. The third kappa shape index (κ3) is 1.24. The Morgan fingerprint density at radius 3 is 2.75 bits per heavy atom. The molecule has 0 aromatic carbocycles. The van der Waals surface area contributed by atoms with Gasteiger partial charge in [0.1, 0.15) is 4.88 Å². The third-order valence-electron chi connectivity index (χ3n) is 1.93. The molecule has 1 aliphatic rings. The van der Waals surface area contributed by atoms with Gasteiger partial charge in [-0.15, -0.1) is 11.3 Å². The summed E-state index contributed by atoms with van der Waals surface area (Å²) in [5, 5.41) is 9.76. The second-order valence-corrected chi connectivity index (χ2v) is 4.08. The highest BCUT2D eigenvalue weighted by atomic mass is 32.1. The lowest BCUT2D eigenvalue weighted by Gasteiger charge is -1.84. The number of carboxylic acid groups (broad SMARTS) is 1. The molecule has 1 fully saturated rings. The Morgan fingerprint density at radius 1 is 1.67 bits per heavy atom. The second-order valence-electron chi connectivity index (χ2n) is 3.05. The van der Waals surface area contributed by atoms with Crippen LogP contribution in [-0.4, -0.2) is 23.9 Å². The predicted octanol–water partition coefficient (Wildman–Crippen LogP) is -0.0229. The maximum absolute atomic E-state index is 10.6. The smallest absolute Gasteiger partial charge is 0.346 e. The highest BCUT2D eigenvalue weighted by Crippen LogP contribution is 2.41. The van der Waals surface area contributed by atoms with E-state index in [1.165, 1.54) is 24.2 Å². The van der Waals surface area contributed by atoms with Gasteiger partial charge in [0, 0.05) is 11.5 Å². The predicted molar refractivity (Wildman–Crippen MR) is 49.2 cm³/mol. The topological polar surface area (TPSA) is 50.2 Å². The summed E-state index contributed by atoms with van der Waals surface area (Å²) in [6, 6.07) is 0. The summed E-state index contributed by atoms with van der Waals surface area (Å²) in [6.45, 7) is 0. The average Bonchev–Trinajstić information content (AvgIpc) is 2.75. The van der Waals surface area contributed by atoms with E-state index in [2.05, 4.69) is 4.98 Å². The van der Waals surface area contributed by atoms with E-state index in [-0.39, 0.29) is 0 Å². The molecule has 0 bridgehead atoms. The Hall–Kier alpha value is -0.835. The zero-order valence-corrected chi connectivity index (χ0v) is 7.52. The fourth-order valence-corrected chi connectivity index (χ4v) is 2.20. The summed E-state index contributed by atoms with van der Waals surface area (Å²) >= 11 is 1.33. The van der Waals surface area contributed by atoms with Gasteiger partial charge < -0.3 is 5.11 Å². The van der Waals surface area contributed by atoms with Crippen LogP contribution in [0.5, 0.6) is 0 Å². The number of nitrogens with zero attached hydrogens (tertiary/aromatic N) is 1. The molecule has 1 heterocycles. The summed E-state index contributed by atoms with van der Waals surface area (Å²) < 4.78 is 0. The molecule has 12 heavy (non-hydrogen) atoms. The van der Waals surface area contributed by atoms with Crippen molar-refractivity contribution in [3.05, 3.63) is 9.88 Å². The Balaban J connectivity index is 2.36. The van der Waals surface area contributed by atoms with Crippen LogP contribution in [0.2, 0.25) is 0 Å². The van der Waals surface area contributed by atoms with Crippen molar-refractivity contribution in [2.45, 2.75) is 18.8 Å². The van der Waals surface area contributed by atoms with Crippen molar-refractivity contribution in [3.63, 3.8) is 0 Å². The lowest BCUT2D eigenvalue weighted by Crippen LogP contribution is -2.13. The second kappa shape index (κ2) is 2.59. The largest absolute Gasteiger partial charge is 0.477 e. The van der Waals surface area contributed by atoms with E-state index in [4.69, 9.17) is 5.11 Å². The molecule has 0 atom stereocenters. The molecule has 1 N–H and O–H groups in total. The fraction of sp³-hybridized carbons (Fsp3) is 0.429. The number of hydrogen-bond acceptors (Lipinski definition) is 3. The summed E-state index contributed by atoms with van der Waals surface area (Å²) in [6.07, 6.45) is 2.35. The number of carbonyl (C=O) groups is 1. The molecular weight excluding hydrogens is 173 g/mol. The minimum absolute atomic E-state index is 0.400. The van der Waals surface area contributed by atoms with Crippen LogP contribution in [0.1, 0.15) is 33.4 Å². The summed E-state index contributed by atoms with van der Waals surface area (Å²) in [5.74, 6) is -0.293. The van der Waals surface area contributed by atoms with Gasteiger partial charge in [0.25, 0.3) is 0 Å². The summed E-state index contributed by atoms with van der Waals surface area (Å²) in [5.41, 5.74) is 0.661. The first kappa shape index (κ1) is 7.80. The van der Waals surface area contributed by atoms with Gasteiger partial charge >= 0.3 is 5.97 Å². The molecular formula is C7H8BNO2S. The summed E-state index contributed by atoms with van der Waals surface area (Å²) in [4.78, 5) is 15.3. The van der Waals surface area contributed by atoms with Crippen LogP contribution in [0.25, 0.3) is 0 Å². The summed E-state index contributed by atoms with van der Waals surface area (Å²) in [7, 11) is 1.76. The number of carboxylic acids is 1. The maximum atomic E-state index is 10.6. The lowest BCUT2D eigenvalue weighted by molar-refractivity contribution is 0.0703.